The third-order valence-electron chi connectivity index (χ3n) is 4.97. The second-order valence-corrected chi connectivity index (χ2v) is 7.19. The predicted molar refractivity (Wildman–Crippen MR) is 78.1 cm³/mol. The summed E-state index contributed by atoms with van der Waals surface area (Å²) in [4.78, 5) is 14.2. The van der Waals surface area contributed by atoms with Gasteiger partial charge in [-0.25, -0.2) is 0 Å². The molecule has 3 rings (SSSR count). The van der Waals surface area contributed by atoms with E-state index in [9.17, 15) is 4.79 Å². The van der Waals surface area contributed by atoms with E-state index < -0.39 is 0 Å². The van der Waals surface area contributed by atoms with Crippen molar-refractivity contribution in [3.8, 4) is 0 Å². The van der Waals surface area contributed by atoms with Gasteiger partial charge in [-0.3, -0.25) is 4.79 Å². The summed E-state index contributed by atoms with van der Waals surface area (Å²) in [5.74, 6) is 0.597. The van der Waals surface area contributed by atoms with E-state index in [1.807, 2.05) is 4.90 Å². The van der Waals surface area contributed by atoms with Crippen LogP contribution in [-0.4, -0.2) is 42.2 Å². The molecule has 0 aromatic carbocycles. The number of hydrogen-bond acceptors (Lipinski definition) is 3. The van der Waals surface area contributed by atoms with E-state index in [1.54, 1.807) is 0 Å². The molecule has 0 bridgehead atoms. The summed E-state index contributed by atoms with van der Waals surface area (Å²) >= 11 is 0. The fraction of sp³-hybridized carbons (Fsp3) is 0.800. The Bertz CT molecular complexity index is 438. The molecule has 4 nitrogen and oxygen atoms in total. The second-order valence-electron chi connectivity index (χ2n) is 7.19. The van der Waals surface area contributed by atoms with Crippen molar-refractivity contribution < 1.29 is 14.1 Å². The van der Waals surface area contributed by atoms with E-state index >= 15 is 0 Å². The van der Waals surface area contributed by atoms with Crippen molar-refractivity contribution >= 4 is 13.0 Å². The highest BCUT2D eigenvalue weighted by atomic mass is 16.7. The van der Waals surface area contributed by atoms with Crippen molar-refractivity contribution in [2.24, 2.45) is 5.92 Å². The number of carbonyl (C=O) groups excluding carboxylic acids is 1. The first-order valence-corrected chi connectivity index (χ1v) is 7.63. The molecule has 0 unspecified atom stereocenters. The van der Waals surface area contributed by atoms with E-state index in [2.05, 4.69) is 33.8 Å². The Morgan fingerprint density at radius 2 is 1.85 bits per heavy atom. The molecule has 3 aliphatic rings. The zero-order valence-corrected chi connectivity index (χ0v) is 12.9. The molecule has 0 radical (unpaired) electrons. The highest BCUT2D eigenvalue weighted by Gasteiger charge is 2.52. The molecular formula is C15H24BNO3. The molecule has 5 heteroatoms. The lowest BCUT2D eigenvalue weighted by molar-refractivity contribution is -0.132. The van der Waals surface area contributed by atoms with Crippen molar-refractivity contribution in [1.82, 2.24) is 4.90 Å². The topological polar surface area (TPSA) is 38.8 Å². The molecular weight excluding hydrogens is 253 g/mol. The average Bonchev–Trinajstić information content (AvgIpc) is 3.17. The van der Waals surface area contributed by atoms with Crippen LogP contribution in [0.1, 0.15) is 47.0 Å². The normalized spacial score (nSPS) is 28.5. The Kier molecular flexibility index (Phi) is 3.25. The van der Waals surface area contributed by atoms with Gasteiger partial charge in [0.2, 0.25) is 5.91 Å². The average molecular weight is 277 g/mol. The Hall–Kier alpha value is -0.805. The lowest BCUT2D eigenvalue weighted by Gasteiger charge is -2.32. The minimum atomic E-state index is -0.318. The van der Waals surface area contributed by atoms with Crippen LogP contribution in [-0.2, 0) is 14.1 Å². The van der Waals surface area contributed by atoms with Crippen molar-refractivity contribution in [2.75, 3.05) is 13.1 Å². The minimum Gasteiger partial charge on any atom is -0.400 e. The molecule has 110 valence electrons. The van der Waals surface area contributed by atoms with Gasteiger partial charge < -0.3 is 14.2 Å². The highest BCUT2D eigenvalue weighted by molar-refractivity contribution is 6.54. The van der Waals surface area contributed by atoms with Crippen LogP contribution in [0.2, 0.25) is 0 Å². The Labute approximate surface area is 121 Å². The first-order valence-electron chi connectivity index (χ1n) is 7.63. The smallest absolute Gasteiger partial charge is 0.400 e. The number of amides is 1. The van der Waals surface area contributed by atoms with Crippen LogP contribution in [0.4, 0.5) is 0 Å². The maximum absolute atomic E-state index is 12.2. The third-order valence-corrected chi connectivity index (χ3v) is 4.97. The largest absolute Gasteiger partial charge is 0.492 e. The summed E-state index contributed by atoms with van der Waals surface area (Å²) in [6.45, 7) is 9.73. The van der Waals surface area contributed by atoms with Gasteiger partial charge in [0.15, 0.2) is 0 Å². The van der Waals surface area contributed by atoms with Crippen LogP contribution in [0.25, 0.3) is 0 Å². The molecule has 2 aliphatic heterocycles. The van der Waals surface area contributed by atoms with E-state index in [0.717, 1.165) is 31.3 Å². The maximum Gasteiger partial charge on any atom is 0.492 e. The van der Waals surface area contributed by atoms with Crippen LogP contribution in [0.3, 0.4) is 0 Å². The van der Waals surface area contributed by atoms with Gasteiger partial charge in [0.05, 0.1) is 11.2 Å². The van der Waals surface area contributed by atoms with Crippen LogP contribution < -0.4 is 0 Å². The molecule has 0 aromatic heterocycles. The Balaban J connectivity index is 1.69. The fourth-order valence-electron chi connectivity index (χ4n) is 2.71. The zero-order valence-electron chi connectivity index (χ0n) is 12.9. The van der Waals surface area contributed by atoms with Gasteiger partial charge in [-0.05, 0) is 52.4 Å². The Morgan fingerprint density at radius 1 is 1.25 bits per heavy atom. The maximum atomic E-state index is 12.2. The SMILES string of the molecule is CC1(C)OB(C2=CCCN(C(=O)C3CC3)C2)OC1(C)C. The van der Waals surface area contributed by atoms with E-state index in [-0.39, 0.29) is 24.2 Å². The van der Waals surface area contributed by atoms with Gasteiger partial charge in [0.25, 0.3) is 0 Å². The van der Waals surface area contributed by atoms with E-state index in [1.165, 1.54) is 0 Å². The number of nitrogens with zero attached hydrogens (tertiary/aromatic N) is 1. The fourth-order valence-corrected chi connectivity index (χ4v) is 2.71. The molecule has 2 heterocycles. The standard InChI is InChI=1S/C15H24BNO3/c1-14(2)15(3,4)20-16(19-14)12-6-5-9-17(10-12)13(18)11-7-8-11/h6,11H,5,7-10H2,1-4H3. The first kappa shape index (κ1) is 14.1. The molecule has 2 fully saturated rings. The summed E-state index contributed by atoms with van der Waals surface area (Å²) < 4.78 is 12.2. The molecule has 0 N–H and O–H groups in total. The van der Waals surface area contributed by atoms with Gasteiger partial charge in [0.1, 0.15) is 0 Å². The summed E-state index contributed by atoms with van der Waals surface area (Å²) in [6, 6.07) is 0. The second kappa shape index (κ2) is 4.60. The van der Waals surface area contributed by atoms with Gasteiger partial charge in [0, 0.05) is 19.0 Å². The molecule has 1 saturated carbocycles. The minimum absolute atomic E-state index is 0.285. The van der Waals surface area contributed by atoms with Crippen LogP contribution in [0.15, 0.2) is 11.5 Å². The van der Waals surface area contributed by atoms with Gasteiger partial charge >= 0.3 is 7.12 Å². The lowest BCUT2D eigenvalue weighted by Crippen LogP contribution is -2.41. The van der Waals surface area contributed by atoms with Crippen molar-refractivity contribution in [3.63, 3.8) is 0 Å². The van der Waals surface area contributed by atoms with Gasteiger partial charge in [-0.15, -0.1) is 0 Å². The molecule has 1 amide bonds. The van der Waals surface area contributed by atoms with Crippen LogP contribution >= 0.6 is 0 Å². The molecule has 20 heavy (non-hydrogen) atoms. The van der Waals surface area contributed by atoms with Crippen LogP contribution in [0, 0.1) is 5.92 Å². The molecule has 1 aliphatic carbocycles. The molecule has 0 spiro atoms. The highest BCUT2D eigenvalue weighted by Crippen LogP contribution is 2.39. The number of rotatable bonds is 2. The Morgan fingerprint density at radius 3 is 2.40 bits per heavy atom. The van der Waals surface area contributed by atoms with Crippen LogP contribution in [0.5, 0.6) is 0 Å². The quantitative estimate of drug-likeness (QED) is 0.726. The first-order chi connectivity index (χ1) is 9.30. The van der Waals surface area contributed by atoms with Gasteiger partial charge in [-0.1, -0.05) is 6.08 Å². The van der Waals surface area contributed by atoms with Crippen molar-refractivity contribution in [2.45, 2.75) is 58.2 Å². The lowest BCUT2D eigenvalue weighted by atomic mass is 9.76. The van der Waals surface area contributed by atoms with E-state index in [0.29, 0.717) is 12.5 Å². The number of hydrogen-bond donors (Lipinski definition) is 0. The molecule has 1 saturated heterocycles. The summed E-state index contributed by atoms with van der Waals surface area (Å²) in [6.07, 6.45) is 5.20. The summed E-state index contributed by atoms with van der Waals surface area (Å²) in [7, 11) is -0.310. The zero-order chi connectivity index (χ0) is 14.5. The third kappa shape index (κ3) is 2.42. The molecule has 0 aromatic rings. The monoisotopic (exact) mass is 277 g/mol. The van der Waals surface area contributed by atoms with Crippen molar-refractivity contribution in [1.29, 1.82) is 0 Å². The van der Waals surface area contributed by atoms with Crippen molar-refractivity contribution in [3.05, 3.63) is 11.5 Å². The van der Waals surface area contributed by atoms with E-state index in [4.69, 9.17) is 9.31 Å². The molecule has 0 atom stereocenters. The van der Waals surface area contributed by atoms with Gasteiger partial charge in [-0.2, -0.15) is 0 Å². The summed E-state index contributed by atoms with van der Waals surface area (Å²) in [5, 5.41) is 0. The number of carbonyl (C=O) groups is 1. The predicted octanol–water partition coefficient (Wildman–Crippen LogP) is 2.19. The summed E-state index contributed by atoms with van der Waals surface area (Å²) in [5.41, 5.74) is 0.464.